The van der Waals surface area contributed by atoms with E-state index < -0.39 is 11.7 Å². The highest BCUT2D eigenvalue weighted by Crippen LogP contribution is 2.29. The van der Waals surface area contributed by atoms with Crippen LogP contribution in [0.2, 0.25) is 0 Å². The van der Waals surface area contributed by atoms with Crippen molar-refractivity contribution < 1.29 is 23.8 Å². The number of carbonyl (C=O) groups is 2. The molecular formula is C22H27NO5. The second kappa shape index (κ2) is 8.78. The van der Waals surface area contributed by atoms with Gasteiger partial charge in [0, 0.05) is 6.54 Å². The number of benzene rings is 2. The van der Waals surface area contributed by atoms with Crippen molar-refractivity contribution in [3.8, 4) is 16.9 Å². The molecule has 0 radical (unpaired) electrons. The summed E-state index contributed by atoms with van der Waals surface area (Å²) in [7, 11) is 2.94. The minimum Gasteiger partial charge on any atom is -0.497 e. The molecule has 0 spiro atoms. The van der Waals surface area contributed by atoms with Crippen LogP contribution in [0.15, 0.2) is 36.4 Å². The number of amides is 1. The van der Waals surface area contributed by atoms with Gasteiger partial charge in [0.25, 0.3) is 0 Å². The standard InChI is InChI=1S/C22H27NO5/c1-14-7-8-15(12-19(14)20(24)27-6)18-10-9-17(26-5)11-16(18)13-23-21(25)28-22(2,3)4/h7-12H,13H2,1-6H3,(H,23,25). The minimum absolute atomic E-state index is 0.253. The SMILES string of the molecule is COC(=O)c1cc(-c2ccc(OC)cc2CNC(=O)OC(C)(C)C)ccc1C. The molecule has 150 valence electrons. The topological polar surface area (TPSA) is 73.9 Å². The Morgan fingerprint density at radius 3 is 2.36 bits per heavy atom. The zero-order valence-corrected chi connectivity index (χ0v) is 17.2. The molecule has 1 amide bonds. The number of carbonyl (C=O) groups excluding carboxylic acids is 2. The zero-order valence-electron chi connectivity index (χ0n) is 17.2. The number of aryl methyl sites for hydroxylation is 1. The van der Waals surface area contributed by atoms with Gasteiger partial charge in [0.05, 0.1) is 19.8 Å². The van der Waals surface area contributed by atoms with Gasteiger partial charge in [-0.2, -0.15) is 0 Å². The third-order valence-corrected chi connectivity index (χ3v) is 4.09. The van der Waals surface area contributed by atoms with Crippen LogP contribution in [-0.2, 0) is 16.0 Å². The third kappa shape index (κ3) is 5.49. The molecule has 0 aromatic heterocycles. The van der Waals surface area contributed by atoms with Gasteiger partial charge in [0.15, 0.2) is 0 Å². The Balaban J connectivity index is 2.37. The molecule has 0 atom stereocenters. The van der Waals surface area contributed by atoms with Crippen molar-refractivity contribution in [3.63, 3.8) is 0 Å². The minimum atomic E-state index is -0.576. The number of alkyl carbamates (subject to hydrolysis) is 1. The van der Waals surface area contributed by atoms with Crippen LogP contribution in [0, 0.1) is 6.92 Å². The van der Waals surface area contributed by atoms with E-state index >= 15 is 0 Å². The second-order valence-electron chi connectivity index (χ2n) is 7.40. The normalized spacial score (nSPS) is 10.9. The van der Waals surface area contributed by atoms with Crippen LogP contribution in [0.1, 0.15) is 42.3 Å². The smallest absolute Gasteiger partial charge is 0.407 e. The summed E-state index contributed by atoms with van der Waals surface area (Å²) in [6.07, 6.45) is -0.500. The van der Waals surface area contributed by atoms with Crippen LogP contribution < -0.4 is 10.1 Å². The molecule has 2 aromatic carbocycles. The maximum Gasteiger partial charge on any atom is 0.407 e. The van der Waals surface area contributed by atoms with Gasteiger partial charge in [-0.25, -0.2) is 9.59 Å². The maximum absolute atomic E-state index is 12.0. The van der Waals surface area contributed by atoms with E-state index in [9.17, 15) is 9.59 Å². The van der Waals surface area contributed by atoms with Gasteiger partial charge in [0.2, 0.25) is 0 Å². The molecule has 1 N–H and O–H groups in total. The van der Waals surface area contributed by atoms with E-state index in [0.29, 0.717) is 11.3 Å². The molecule has 0 saturated heterocycles. The Hall–Kier alpha value is -3.02. The lowest BCUT2D eigenvalue weighted by Gasteiger charge is -2.20. The van der Waals surface area contributed by atoms with Gasteiger partial charge in [-0.1, -0.05) is 18.2 Å². The fraction of sp³-hybridized carbons (Fsp3) is 0.364. The Labute approximate surface area is 165 Å². The van der Waals surface area contributed by atoms with Gasteiger partial charge >= 0.3 is 12.1 Å². The Bertz CT molecular complexity index is 868. The molecule has 28 heavy (non-hydrogen) atoms. The average Bonchev–Trinajstić information content (AvgIpc) is 2.64. The van der Waals surface area contributed by atoms with Crippen LogP contribution in [0.3, 0.4) is 0 Å². The molecule has 2 aromatic rings. The summed E-state index contributed by atoms with van der Waals surface area (Å²) in [4.78, 5) is 24.1. The highest BCUT2D eigenvalue weighted by Gasteiger charge is 2.17. The zero-order chi connectivity index (χ0) is 20.9. The van der Waals surface area contributed by atoms with Crippen molar-refractivity contribution in [3.05, 3.63) is 53.1 Å². The van der Waals surface area contributed by atoms with Crippen molar-refractivity contribution in [2.45, 2.75) is 39.8 Å². The van der Waals surface area contributed by atoms with E-state index in [2.05, 4.69) is 5.32 Å². The lowest BCUT2D eigenvalue weighted by atomic mass is 9.95. The molecule has 0 bridgehead atoms. The number of esters is 1. The molecule has 0 aliphatic heterocycles. The van der Waals surface area contributed by atoms with Crippen LogP contribution in [-0.4, -0.2) is 31.9 Å². The monoisotopic (exact) mass is 385 g/mol. The molecule has 0 unspecified atom stereocenters. The van der Waals surface area contributed by atoms with Gasteiger partial charge in [-0.05, 0) is 68.1 Å². The molecule has 6 nitrogen and oxygen atoms in total. The summed E-state index contributed by atoms with van der Waals surface area (Å²) in [6.45, 7) is 7.54. The van der Waals surface area contributed by atoms with Gasteiger partial charge in [-0.15, -0.1) is 0 Å². The van der Waals surface area contributed by atoms with Crippen LogP contribution in [0.5, 0.6) is 5.75 Å². The van der Waals surface area contributed by atoms with E-state index in [0.717, 1.165) is 22.3 Å². The van der Waals surface area contributed by atoms with E-state index in [-0.39, 0.29) is 12.5 Å². The van der Waals surface area contributed by atoms with Crippen molar-refractivity contribution in [2.24, 2.45) is 0 Å². The van der Waals surface area contributed by atoms with Crippen molar-refractivity contribution >= 4 is 12.1 Å². The fourth-order valence-electron chi connectivity index (χ4n) is 2.73. The summed E-state index contributed by atoms with van der Waals surface area (Å²) < 4.78 is 15.5. The number of methoxy groups -OCH3 is 2. The number of nitrogens with one attached hydrogen (secondary N) is 1. The molecule has 0 aliphatic carbocycles. The van der Waals surface area contributed by atoms with Gasteiger partial charge in [-0.3, -0.25) is 0 Å². The summed E-state index contributed by atoms with van der Waals surface area (Å²) in [5, 5.41) is 2.77. The largest absolute Gasteiger partial charge is 0.497 e. The van der Waals surface area contributed by atoms with Crippen LogP contribution >= 0.6 is 0 Å². The maximum atomic E-state index is 12.0. The van der Waals surface area contributed by atoms with Crippen LogP contribution in [0.25, 0.3) is 11.1 Å². The van der Waals surface area contributed by atoms with Crippen molar-refractivity contribution in [1.82, 2.24) is 5.32 Å². The van der Waals surface area contributed by atoms with Crippen molar-refractivity contribution in [1.29, 1.82) is 0 Å². The summed E-state index contributed by atoms with van der Waals surface area (Å²) in [6, 6.07) is 11.2. The Kier molecular flexibility index (Phi) is 6.67. The van der Waals surface area contributed by atoms with E-state index in [1.165, 1.54) is 7.11 Å². The summed E-state index contributed by atoms with van der Waals surface area (Å²) >= 11 is 0. The quantitative estimate of drug-likeness (QED) is 0.768. The lowest BCUT2D eigenvalue weighted by molar-refractivity contribution is 0.0522. The predicted octanol–water partition coefficient (Wildman–Crippen LogP) is 4.48. The first-order valence-corrected chi connectivity index (χ1v) is 8.97. The first-order valence-electron chi connectivity index (χ1n) is 8.97. The molecular weight excluding hydrogens is 358 g/mol. The number of ether oxygens (including phenoxy) is 3. The van der Waals surface area contributed by atoms with E-state index in [1.807, 2.05) is 58.0 Å². The van der Waals surface area contributed by atoms with E-state index in [4.69, 9.17) is 14.2 Å². The molecule has 6 heteroatoms. The third-order valence-electron chi connectivity index (χ3n) is 4.09. The summed E-state index contributed by atoms with van der Waals surface area (Å²) in [5.74, 6) is 0.284. The molecule has 2 rings (SSSR count). The molecule has 0 fully saturated rings. The van der Waals surface area contributed by atoms with Gasteiger partial charge < -0.3 is 19.5 Å². The Morgan fingerprint density at radius 1 is 1.04 bits per heavy atom. The first kappa shape index (κ1) is 21.3. The Morgan fingerprint density at radius 2 is 1.75 bits per heavy atom. The second-order valence-corrected chi connectivity index (χ2v) is 7.40. The number of hydrogen-bond donors (Lipinski definition) is 1. The number of hydrogen-bond acceptors (Lipinski definition) is 5. The van der Waals surface area contributed by atoms with Crippen LogP contribution in [0.4, 0.5) is 4.79 Å². The highest BCUT2D eigenvalue weighted by atomic mass is 16.6. The van der Waals surface area contributed by atoms with E-state index in [1.54, 1.807) is 13.2 Å². The lowest BCUT2D eigenvalue weighted by Crippen LogP contribution is -2.32. The molecule has 0 aliphatic rings. The first-order chi connectivity index (χ1) is 13.1. The fourth-order valence-corrected chi connectivity index (χ4v) is 2.73. The molecule has 0 heterocycles. The van der Waals surface area contributed by atoms with Gasteiger partial charge in [0.1, 0.15) is 11.4 Å². The molecule has 0 saturated carbocycles. The average molecular weight is 385 g/mol. The summed E-state index contributed by atoms with van der Waals surface area (Å²) in [5.41, 5.74) is 3.31. The van der Waals surface area contributed by atoms with Crippen molar-refractivity contribution in [2.75, 3.05) is 14.2 Å². The predicted molar refractivity (Wildman–Crippen MR) is 108 cm³/mol. The highest BCUT2D eigenvalue weighted by molar-refractivity contribution is 5.92. The number of rotatable bonds is 5.